The van der Waals surface area contributed by atoms with Gasteiger partial charge in [-0.05, 0) is 114 Å². The highest BCUT2D eigenvalue weighted by Gasteiger charge is 2.23. The van der Waals surface area contributed by atoms with Crippen LogP contribution in [0.5, 0.6) is 11.5 Å². The first-order valence-electron chi connectivity index (χ1n) is 15.0. The maximum atomic E-state index is 5.84. The topological polar surface area (TPSA) is 31.4 Å². The van der Waals surface area contributed by atoms with Crippen molar-refractivity contribution in [2.45, 2.75) is 51.9 Å². The molecule has 0 saturated carbocycles. The average molecular weight is 554 g/mol. The lowest BCUT2D eigenvalue weighted by Crippen LogP contribution is -2.11. The third-order valence-electron chi connectivity index (χ3n) is 8.70. The minimum Gasteiger partial charge on any atom is -0.496 e. The van der Waals surface area contributed by atoms with Gasteiger partial charge < -0.3 is 9.47 Å². The van der Waals surface area contributed by atoms with Crippen LogP contribution in [-0.4, -0.2) is 19.2 Å². The number of rotatable bonds is 5. The van der Waals surface area contributed by atoms with E-state index in [2.05, 4.69) is 79.5 Å². The molecule has 0 radical (unpaired) electrons. The standard InChI is InChI=1S/C30H32O2.C9H7N/c1-19-15-20(2)17-21(16-19)11-12-22-7-5-8-24-23(22)13-14-25-26-9-6-10-28(31-3)30(26)29(32-4)18-27(24)25;1-2-4-9-7-10-6-5-8(9)3-1/h6,9-10,13-18,22H,5,7-8,11-12H2,1-4H3;1-7H. The molecule has 0 saturated heterocycles. The molecule has 0 N–H and O–H groups in total. The molecule has 212 valence electrons. The summed E-state index contributed by atoms with van der Waals surface area (Å²) in [4.78, 5) is 4.01. The Labute approximate surface area is 249 Å². The van der Waals surface area contributed by atoms with E-state index in [1.807, 2.05) is 36.7 Å². The largest absolute Gasteiger partial charge is 0.496 e. The fourth-order valence-electron chi connectivity index (χ4n) is 6.85. The first kappa shape index (κ1) is 27.8. The number of fused-ring (bicyclic) bond motifs is 6. The van der Waals surface area contributed by atoms with Crippen LogP contribution in [0, 0.1) is 13.8 Å². The second-order valence-corrected chi connectivity index (χ2v) is 11.5. The molecule has 6 aromatic rings. The normalized spacial score (nSPS) is 14.3. The van der Waals surface area contributed by atoms with E-state index in [0.29, 0.717) is 5.92 Å². The van der Waals surface area contributed by atoms with E-state index in [0.717, 1.165) is 29.7 Å². The van der Waals surface area contributed by atoms with Crippen LogP contribution in [0.2, 0.25) is 0 Å². The van der Waals surface area contributed by atoms with Crippen LogP contribution in [0.3, 0.4) is 0 Å². The summed E-state index contributed by atoms with van der Waals surface area (Å²) in [5.74, 6) is 2.39. The number of aryl methyl sites for hydroxylation is 4. The zero-order chi connectivity index (χ0) is 29.1. The molecule has 1 unspecified atom stereocenters. The molecule has 7 rings (SSSR count). The molecule has 1 aromatic heterocycles. The van der Waals surface area contributed by atoms with Crippen molar-refractivity contribution >= 4 is 32.3 Å². The Morgan fingerprint density at radius 1 is 0.738 bits per heavy atom. The Morgan fingerprint density at radius 3 is 2.29 bits per heavy atom. The summed E-state index contributed by atoms with van der Waals surface area (Å²) in [6, 6.07) is 30.4. The van der Waals surface area contributed by atoms with Gasteiger partial charge in [0, 0.05) is 12.4 Å². The number of hydrogen-bond acceptors (Lipinski definition) is 3. The Kier molecular flexibility index (Phi) is 8.10. The minimum absolute atomic E-state index is 0.621. The monoisotopic (exact) mass is 553 g/mol. The van der Waals surface area contributed by atoms with E-state index >= 15 is 0 Å². The first-order chi connectivity index (χ1) is 20.6. The summed E-state index contributed by atoms with van der Waals surface area (Å²) >= 11 is 0. The molecule has 3 heteroatoms. The predicted molar refractivity (Wildman–Crippen MR) is 176 cm³/mol. The third-order valence-corrected chi connectivity index (χ3v) is 8.70. The highest BCUT2D eigenvalue weighted by molar-refractivity contribution is 6.13. The predicted octanol–water partition coefficient (Wildman–Crippen LogP) is 9.91. The van der Waals surface area contributed by atoms with Crippen molar-refractivity contribution in [3.63, 3.8) is 0 Å². The molecule has 42 heavy (non-hydrogen) atoms. The van der Waals surface area contributed by atoms with Crippen molar-refractivity contribution in [3.8, 4) is 11.5 Å². The van der Waals surface area contributed by atoms with Gasteiger partial charge in [-0.25, -0.2) is 0 Å². The van der Waals surface area contributed by atoms with Crippen LogP contribution in [0.25, 0.3) is 32.3 Å². The van der Waals surface area contributed by atoms with Gasteiger partial charge in [0.2, 0.25) is 0 Å². The van der Waals surface area contributed by atoms with Crippen molar-refractivity contribution in [1.82, 2.24) is 4.98 Å². The van der Waals surface area contributed by atoms with Gasteiger partial charge in [0.1, 0.15) is 11.5 Å². The van der Waals surface area contributed by atoms with Crippen LogP contribution in [0.4, 0.5) is 0 Å². The van der Waals surface area contributed by atoms with Crippen molar-refractivity contribution in [3.05, 3.63) is 125 Å². The van der Waals surface area contributed by atoms with Crippen LogP contribution in [-0.2, 0) is 12.8 Å². The SMILES string of the molecule is COc1cccc2c1c(OC)cc1c3c(ccc12)C(CCc1cc(C)cc(C)c1)CCC3.c1ccc2cnccc2c1. The molecule has 1 aliphatic rings. The molecule has 0 amide bonds. The van der Waals surface area contributed by atoms with Crippen molar-refractivity contribution in [2.75, 3.05) is 14.2 Å². The number of ether oxygens (including phenoxy) is 2. The van der Waals surface area contributed by atoms with Gasteiger partial charge in [0.25, 0.3) is 0 Å². The van der Waals surface area contributed by atoms with Crippen LogP contribution in [0.15, 0.2) is 97.3 Å². The number of benzene rings is 5. The minimum atomic E-state index is 0.621. The Hall–Kier alpha value is -4.37. The molecule has 3 nitrogen and oxygen atoms in total. The third kappa shape index (κ3) is 5.56. The van der Waals surface area contributed by atoms with Crippen molar-refractivity contribution in [2.24, 2.45) is 0 Å². The summed E-state index contributed by atoms with van der Waals surface area (Å²) in [5, 5.41) is 7.36. The quantitative estimate of drug-likeness (QED) is 0.199. The highest BCUT2D eigenvalue weighted by atomic mass is 16.5. The number of nitrogens with zero attached hydrogens (tertiary/aromatic N) is 1. The van der Waals surface area contributed by atoms with E-state index in [1.165, 1.54) is 74.0 Å². The molecule has 0 fully saturated rings. The highest BCUT2D eigenvalue weighted by Crippen LogP contribution is 2.44. The Bertz CT molecular complexity index is 1790. The van der Waals surface area contributed by atoms with Gasteiger partial charge in [-0.2, -0.15) is 0 Å². The average Bonchev–Trinajstić information content (AvgIpc) is 3.02. The summed E-state index contributed by atoms with van der Waals surface area (Å²) in [6.07, 6.45) is 9.70. The zero-order valence-electron chi connectivity index (χ0n) is 25.1. The number of pyridine rings is 1. The summed E-state index contributed by atoms with van der Waals surface area (Å²) in [7, 11) is 3.49. The molecular weight excluding hydrogens is 514 g/mol. The molecule has 0 aliphatic heterocycles. The van der Waals surface area contributed by atoms with Gasteiger partial charge in [-0.1, -0.05) is 77.9 Å². The smallest absolute Gasteiger partial charge is 0.131 e. The molecule has 1 aliphatic carbocycles. The van der Waals surface area contributed by atoms with Gasteiger partial charge in [-0.15, -0.1) is 0 Å². The summed E-state index contributed by atoms with van der Waals surface area (Å²) < 4.78 is 11.5. The van der Waals surface area contributed by atoms with E-state index in [1.54, 1.807) is 14.2 Å². The van der Waals surface area contributed by atoms with Crippen molar-refractivity contribution < 1.29 is 9.47 Å². The fraction of sp³-hybridized carbons (Fsp3) is 0.256. The van der Waals surface area contributed by atoms with Crippen LogP contribution < -0.4 is 9.47 Å². The fourth-order valence-corrected chi connectivity index (χ4v) is 6.85. The molecule has 0 spiro atoms. The Balaban J connectivity index is 0.000000265. The lowest BCUT2D eigenvalue weighted by molar-refractivity contribution is 0.405. The maximum absolute atomic E-state index is 5.84. The molecule has 0 bridgehead atoms. The Morgan fingerprint density at radius 2 is 1.52 bits per heavy atom. The first-order valence-corrected chi connectivity index (χ1v) is 15.0. The summed E-state index contributed by atoms with van der Waals surface area (Å²) in [5.41, 5.74) is 7.25. The lowest BCUT2D eigenvalue weighted by Gasteiger charge is -2.28. The zero-order valence-corrected chi connectivity index (χ0v) is 25.1. The molecular formula is C39H39NO2. The second-order valence-electron chi connectivity index (χ2n) is 11.5. The number of hydrogen-bond donors (Lipinski definition) is 0. The van der Waals surface area contributed by atoms with Gasteiger partial charge in [0.15, 0.2) is 0 Å². The van der Waals surface area contributed by atoms with E-state index in [9.17, 15) is 0 Å². The van der Waals surface area contributed by atoms with Crippen LogP contribution in [0.1, 0.15) is 53.0 Å². The van der Waals surface area contributed by atoms with E-state index in [4.69, 9.17) is 9.47 Å². The van der Waals surface area contributed by atoms with Crippen molar-refractivity contribution in [1.29, 1.82) is 0 Å². The van der Waals surface area contributed by atoms with E-state index < -0.39 is 0 Å². The van der Waals surface area contributed by atoms with Gasteiger partial charge in [0.05, 0.1) is 19.6 Å². The number of aromatic nitrogens is 1. The second kappa shape index (κ2) is 12.2. The summed E-state index contributed by atoms with van der Waals surface area (Å²) in [6.45, 7) is 4.40. The van der Waals surface area contributed by atoms with Gasteiger partial charge in [-0.3, -0.25) is 4.98 Å². The van der Waals surface area contributed by atoms with Crippen LogP contribution >= 0.6 is 0 Å². The lowest BCUT2D eigenvalue weighted by atomic mass is 9.77. The molecule has 1 heterocycles. The van der Waals surface area contributed by atoms with E-state index in [-0.39, 0.29) is 0 Å². The van der Waals surface area contributed by atoms with Gasteiger partial charge >= 0.3 is 0 Å². The molecule has 1 atom stereocenters. The molecule has 5 aromatic carbocycles. The maximum Gasteiger partial charge on any atom is 0.131 e. The number of methoxy groups -OCH3 is 2.